The third-order valence-corrected chi connectivity index (χ3v) is 4.07. The highest BCUT2D eigenvalue weighted by Gasteiger charge is 2.25. The summed E-state index contributed by atoms with van der Waals surface area (Å²) in [5.41, 5.74) is 3.57. The van der Waals surface area contributed by atoms with Crippen LogP contribution in [0.25, 0.3) is 10.9 Å². The fraction of sp³-hybridized carbons (Fsp3) is 0.176. The molecule has 4 rings (SSSR count). The molecule has 0 saturated carbocycles. The SMILES string of the molecule is Fc1ccc2ncnc(NC[C@@H]3Cc4ccccc43)c2c1. The summed E-state index contributed by atoms with van der Waals surface area (Å²) in [5.74, 6) is 0.929. The Hall–Kier alpha value is -2.49. The first-order valence-corrected chi connectivity index (χ1v) is 7.03. The first kappa shape index (κ1) is 12.3. The van der Waals surface area contributed by atoms with Crippen LogP contribution in [0, 0.1) is 5.82 Å². The Kier molecular flexibility index (Phi) is 2.81. The smallest absolute Gasteiger partial charge is 0.137 e. The van der Waals surface area contributed by atoms with Gasteiger partial charge in [-0.3, -0.25) is 0 Å². The highest BCUT2D eigenvalue weighted by Crippen LogP contribution is 2.35. The Morgan fingerprint density at radius 3 is 2.95 bits per heavy atom. The molecule has 1 aliphatic rings. The molecule has 104 valence electrons. The molecule has 0 amide bonds. The van der Waals surface area contributed by atoms with Crippen molar-refractivity contribution in [3.8, 4) is 0 Å². The number of rotatable bonds is 3. The third kappa shape index (κ3) is 2.13. The van der Waals surface area contributed by atoms with Gasteiger partial charge in [-0.2, -0.15) is 0 Å². The minimum Gasteiger partial charge on any atom is -0.369 e. The molecule has 0 unspecified atom stereocenters. The first-order chi connectivity index (χ1) is 10.3. The number of benzene rings is 2. The lowest BCUT2D eigenvalue weighted by Crippen LogP contribution is -2.24. The van der Waals surface area contributed by atoms with Crippen LogP contribution in [-0.4, -0.2) is 16.5 Å². The van der Waals surface area contributed by atoms with Gasteiger partial charge >= 0.3 is 0 Å². The van der Waals surface area contributed by atoms with Crippen LogP contribution in [0.15, 0.2) is 48.8 Å². The van der Waals surface area contributed by atoms with Gasteiger partial charge in [0.05, 0.1) is 5.52 Å². The Balaban J connectivity index is 1.57. The van der Waals surface area contributed by atoms with Crippen LogP contribution in [0.5, 0.6) is 0 Å². The van der Waals surface area contributed by atoms with Crippen LogP contribution in [-0.2, 0) is 6.42 Å². The molecule has 0 fully saturated rings. The van der Waals surface area contributed by atoms with Gasteiger partial charge in [0.15, 0.2) is 0 Å². The van der Waals surface area contributed by atoms with E-state index < -0.39 is 0 Å². The van der Waals surface area contributed by atoms with E-state index in [1.54, 1.807) is 6.07 Å². The normalized spacial score (nSPS) is 16.3. The van der Waals surface area contributed by atoms with Gasteiger partial charge < -0.3 is 5.32 Å². The topological polar surface area (TPSA) is 37.8 Å². The predicted molar refractivity (Wildman–Crippen MR) is 80.9 cm³/mol. The van der Waals surface area contributed by atoms with Crippen LogP contribution >= 0.6 is 0 Å². The van der Waals surface area contributed by atoms with Gasteiger partial charge in [0.1, 0.15) is 18.0 Å². The first-order valence-electron chi connectivity index (χ1n) is 7.03. The predicted octanol–water partition coefficient (Wildman–Crippen LogP) is 3.52. The van der Waals surface area contributed by atoms with Crippen LogP contribution in [0.3, 0.4) is 0 Å². The zero-order valence-electron chi connectivity index (χ0n) is 11.4. The van der Waals surface area contributed by atoms with Crippen molar-refractivity contribution in [1.29, 1.82) is 0 Å². The van der Waals surface area contributed by atoms with E-state index in [2.05, 4.69) is 39.6 Å². The summed E-state index contributed by atoms with van der Waals surface area (Å²) in [5, 5.41) is 4.07. The number of hydrogen-bond donors (Lipinski definition) is 1. The minimum atomic E-state index is -0.269. The summed E-state index contributed by atoms with van der Waals surface area (Å²) in [4.78, 5) is 8.41. The van der Waals surface area contributed by atoms with Crippen molar-refractivity contribution in [3.05, 3.63) is 65.7 Å². The number of fused-ring (bicyclic) bond motifs is 2. The lowest BCUT2D eigenvalue weighted by Gasteiger charge is -2.30. The Morgan fingerprint density at radius 2 is 2.05 bits per heavy atom. The zero-order chi connectivity index (χ0) is 14.2. The molecular formula is C17H14FN3. The number of hydrogen-bond acceptors (Lipinski definition) is 3. The van der Waals surface area contributed by atoms with Crippen LogP contribution < -0.4 is 5.32 Å². The van der Waals surface area contributed by atoms with Gasteiger partial charge in [-0.1, -0.05) is 24.3 Å². The average molecular weight is 279 g/mol. The Labute approximate surface area is 121 Å². The largest absolute Gasteiger partial charge is 0.369 e. The highest BCUT2D eigenvalue weighted by molar-refractivity contribution is 5.88. The van der Waals surface area contributed by atoms with E-state index in [0.717, 1.165) is 23.9 Å². The molecule has 1 N–H and O–H groups in total. The van der Waals surface area contributed by atoms with Crippen molar-refractivity contribution in [1.82, 2.24) is 9.97 Å². The van der Waals surface area contributed by atoms with Crippen molar-refractivity contribution in [2.75, 3.05) is 11.9 Å². The number of anilines is 1. The standard InChI is InChI=1S/C17H14FN3/c18-13-5-6-16-15(8-13)17(21-10-20-16)19-9-12-7-11-3-1-2-4-14(11)12/h1-6,8,10,12H,7,9H2,(H,19,20,21)/t12-/m0/s1. The summed E-state index contributed by atoms with van der Waals surface area (Å²) in [6.45, 7) is 0.805. The van der Waals surface area contributed by atoms with Crippen LogP contribution in [0.1, 0.15) is 17.0 Å². The Bertz CT molecular complexity index is 816. The van der Waals surface area contributed by atoms with E-state index in [4.69, 9.17) is 0 Å². The second-order valence-electron chi connectivity index (χ2n) is 5.36. The monoisotopic (exact) mass is 279 g/mol. The molecular weight excluding hydrogens is 265 g/mol. The maximum Gasteiger partial charge on any atom is 0.137 e. The lowest BCUT2D eigenvalue weighted by atomic mass is 9.77. The molecule has 0 radical (unpaired) electrons. The van der Waals surface area contributed by atoms with E-state index >= 15 is 0 Å². The number of aromatic nitrogens is 2. The molecule has 2 aromatic carbocycles. The molecule has 1 aliphatic carbocycles. The van der Waals surface area contributed by atoms with Crippen molar-refractivity contribution < 1.29 is 4.39 Å². The van der Waals surface area contributed by atoms with Crippen LogP contribution in [0.4, 0.5) is 10.2 Å². The second-order valence-corrected chi connectivity index (χ2v) is 5.36. The molecule has 4 heteroatoms. The van der Waals surface area contributed by atoms with Gasteiger partial charge in [-0.05, 0) is 35.7 Å². The van der Waals surface area contributed by atoms with Crippen molar-refractivity contribution in [2.24, 2.45) is 0 Å². The van der Waals surface area contributed by atoms with E-state index in [1.807, 2.05) is 0 Å². The van der Waals surface area contributed by atoms with Gasteiger partial charge in [0, 0.05) is 17.8 Å². The molecule has 3 aromatic rings. The lowest BCUT2D eigenvalue weighted by molar-refractivity contribution is 0.629. The molecule has 21 heavy (non-hydrogen) atoms. The summed E-state index contributed by atoms with van der Waals surface area (Å²) in [6.07, 6.45) is 2.60. The number of halogens is 1. The minimum absolute atomic E-state index is 0.269. The summed E-state index contributed by atoms with van der Waals surface area (Å²) in [7, 11) is 0. The van der Waals surface area contributed by atoms with E-state index in [9.17, 15) is 4.39 Å². The molecule has 3 nitrogen and oxygen atoms in total. The van der Waals surface area contributed by atoms with Gasteiger partial charge in [0.25, 0.3) is 0 Å². The fourth-order valence-corrected chi connectivity index (χ4v) is 2.93. The summed E-state index contributed by atoms with van der Waals surface area (Å²) in [6, 6.07) is 13.1. The number of nitrogens with one attached hydrogen (secondary N) is 1. The van der Waals surface area contributed by atoms with Crippen molar-refractivity contribution in [3.63, 3.8) is 0 Å². The Morgan fingerprint density at radius 1 is 1.14 bits per heavy atom. The molecule has 0 spiro atoms. The molecule has 0 saturated heterocycles. The van der Waals surface area contributed by atoms with Gasteiger partial charge in [-0.15, -0.1) is 0 Å². The average Bonchev–Trinajstić information content (AvgIpc) is 2.48. The summed E-state index contributed by atoms with van der Waals surface area (Å²) < 4.78 is 13.4. The van der Waals surface area contributed by atoms with Gasteiger partial charge in [0.2, 0.25) is 0 Å². The molecule has 0 bridgehead atoms. The van der Waals surface area contributed by atoms with Crippen LogP contribution in [0.2, 0.25) is 0 Å². The van der Waals surface area contributed by atoms with E-state index in [-0.39, 0.29) is 5.82 Å². The van der Waals surface area contributed by atoms with Crippen molar-refractivity contribution >= 4 is 16.7 Å². The molecule has 0 aliphatic heterocycles. The maximum atomic E-state index is 13.4. The van der Waals surface area contributed by atoms with Crippen molar-refractivity contribution in [2.45, 2.75) is 12.3 Å². The fourth-order valence-electron chi connectivity index (χ4n) is 2.93. The maximum absolute atomic E-state index is 13.4. The number of nitrogens with zero attached hydrogens (tertiary/aromatic N) is 2. The quantitative estimate of drug-likeness (QED) is 0.797. The molecule has 1 heterocycles. The van der Waals surface area contributed by atoms with E-state index in [0.29, 0.717) is 11.7 Å². The molecule has 1 aromatic heterocycles. The zero-order valence-corrected chi connectivity index (χ0v) is 11.4. The van der Waals surface area contributed by atoms with E-state index in [1.165, 1.54) is 29.6 Å². The summed E-state index contributed by atoms with van der Waals surface area (Å²) >= 11 is 0. The second kappa shape index (κ2) is 4.81. The molecule has 1 atom stereocenters. The third-order valence-electron chi connectivity index (χ3n) is 4.07. The highest BCUT2D eigenvalue weighted by atomic mass is 19.1. The van der Waals surface area contributed by atoms with Gasteiger partial charge in [-0.25, -0.2) is 14.4 Å².